The molecule has 0 aromatic rings. The van der Waals surface area contributed by atoms with Crippen molar-refractivity contribution in [3.8, 4) is 0 Å². The van der Waals surface area contributed by atoms with E-state index in [9.17, 15) is 4.79 Å². The van der Waals surface area contributed by atoms with Gasteiger partial charge in [0.2, 0.25) is 0 Å². The van der Waals surface area contributed by atoms with E-state index >= 15 is 0 Å². The van der Waals surface area contributed by atoms with Gasteiger partial charge in [-0.2, -0.15) is 0 Å². The molecular formula is C8H12O2. The summed E-state index contributed by atoms with van der Waals surface area (Å²) in [6.45, 7) is 5.56. The Morgan fingerprint density at radius 3 is 2.60 bits per heavy atom. The van der Waals surface area contributed by atoms with Crippen LogP contribution >= 0.6 is 0 Å². The molecular weight excluding hydrogens is 128 g/mol. The van der Waals surface area contributed by atoms with Crippen LogP contribution in [0.3, 0.4) is 0 Å². The van der Waals surface area contributed by atoms with Crippen LogP contribution in [0.2, 0.25) is 0 Å². The minimum atomic E-state index is -0.399. The van der Waals surface area contributed by atoms with E-state index in [1.807, 2.05) is 32.9 Å². The molecule has 2 heteroatoms. The van der Waals surface area contributed by atoms with Gasteiger partial charge in [-0.25, -0.2) is 0 Å². The maximum absolute atomic E-state index is 10.9. The Hall–Kier alpha value is -0.790. The maximum atomic E-state index is 10.9. The molecule has 1 rings (SSSR count). The summed E-state index contributed by atoms with van der Waals surface area (Å²) in [7, 11) is 0. The number of hydrogen-bond acceptors (Lipinski definition) is 2. The topological polar surface area (TPSA) is 26.3 Å². The molecule has 1 heterocycles. The molecule has 1 atom stereocenters. The first-order valence-electron chi connectivity index (χ1n) is 3.43. The van der Waals surface area contributed by atoms with Crippen LogP contribution in [0.5, 0.6) is 0 Å². The number of carbonyl (C=O) groups is 1. The van der Waals surface area contributed by atoms with Crippen LogP contribution in [-0.4, -0.2) is 11.6 Å². The average Bonchev–Trinajstić information content (AvgIpc) is 1.79. The third kappa shape index (κ3) is 1.38. The van der Waals surface area contributed by atoms with Gasteiger partial charge < -0.3 is 4.74 Å². The normalized spacial score (nSPS) is 29.9. The smallest absolute Gasteiger partial charge is 0.313 e. The van der Waals surface area contributed by atoms with E-state index in [4.69, 9.17) is 4.74 Å². The van der Waals surface area contributed by atoms with Crippen LogP contribution in [0.1, 0.15) is 20.8 Å². The van der Waals surface area contributed by atoms with Crippen molar-refractivity contribution >= 4 is 5.97 Å². The lowest BCUT2D eigenvalue weighted by molar-refractivity contribution is -0.157. The molecule has 0 saturated heterocycles. The highest BCUT2D eigenvalue weighted by atomic mass is 16.6. The van der Waals surface area contributed by atoms with Crippen molar-refractivity contribution in [2.75, 3.05) is 0 Å². The molecule has 0 radical (unpaired) electrons. The molecule has 1 unspecified atom stereocenters. The molecule has 2 nitrogen and oxygen atoms in total. The van der Waals surface area contributed by atoms with E-state index in [-0.39, 0.29) is 11.9 Å². The zero-order valence-electron chi connectivity index (χ0n) is 6.55. The van der Waals surface area contributed by atoms with Crippen molar-refractivity contribution in [1.29, 1.82) is 0 Å². The quantitative estimate of drug-likeness (QED) is 0.376. The number of rotatable bonds is 0. The van der Waals surface area contributed by atoms with Crippen molar-refractivity contribution in [3.05, 3.63) is 12.2 Å². The van der Waals surface area contributed by atoms with Crippen molar-refractivity contribution < 1.29 is 9.53 Å². The van der Waals surface area contributed by atoms with Crippen LogP contribution < -0.4 is 0 Å². The fraction of sp³-hybridized carbons (Fsp3) is 0.625. The molecule has 0 bridgehead atoms. The standard InChI is InChI=1S/C8H12O2/c1-6-4-5-8(2,3)10-7(6)9/h4-6H,1-3H3. The van der Waals surface area contributed by atoms with Gasteiger partial charge in [0, 0.05) is 0 Å². The highest BCUT2D eigenvalue weighted by molar-refractivity contribution is 5.75. The summed E-state index contributed by atoms with van der Waals surface area (Å²) in [6, 6.07) is 0. The molecule has 0 aromatic heterocycles. The maximum Gasteiger partial charge on any atom is 0.313 e. The summed E-state index contributed by atoms with van der Waals surface area (Å²) in [5, 5.41) is 0. The first-order valence-corrected chi connectivity index (χ1v) is 3.43. The monoisotopic (exact) mass is 140 g/mol. The Kier molecular flexibility index (Phi) is 1.55. The first kappa shape index (κ1) is 7.32. The molecule has 0 amide bonds. The summed E-state index contributed by atoms with van der Waals surface area (Å²) in [5.41, 5.74) is -0.399. The highest BCUT2D eigenvalue weighted by Crippen LogP contribution is 2.20. The fourth-order valence-electron chi connectivity index (χ4n) is 0.841. The molecule has 10 heavy (non-hydrogen) atoms. The number of cyclic esters (lactones) is 1. The Labute approximate surface area is 60.9 Å². The van der Waals surface area contributed by atoms with Crippen molar-refractivity contribution in [2.24, 2.45) is 5.92 Å². The van der Waals surface area contributed by atoms with Gasteiger partial charge >= 0.3 is 5.97 Å². The minimum Gasteiger partial charge on any atom is -0.455 e. The van der Waals surface area contributed by atoms with Gasteiger partial charge in [-0.15, -0.1) is 0 Å². The largest absolute Gasteiger partial charge is 0.455 e. The molecule has 0 saturated carbocycles. The van der Waals surface area contributed by atoms with Crippen LogP contribution in [0, 0.1) is 5.92 Å². The lowest BCUT2D eigenvalue weighted by Gasteiger charge is -2.26. The second-order valence-electron chi connectivity index (χ2n) is 3.17. The van der Waals surface area contributed by atoms with Crippen LogP contribution in [0.4, 0.5) is 0 Å². The van der Waals surface area contributed by atoms with Gasteiger partial charge in [-0.05, 0) is 26.8 Å². The predicted molar refractivity (Wildman–Crippen MR) is 38.5 cm³/mol. The van der Waals surface area contributed by atoms with Crippen molar-refractivity contribution in [3.63, 3.8) is 0 Å². The average molecular weight is 140 g/mol. The van der Waals surface area contributed by atoms with Gasteiger partial charge in [-0.3, -0.25) is 4.79 Å². The van der Waals surface area contributed by atoms with Crippen molar-refractivity contribution in [2.45, 2.75) is 26.4 Å². The van der Waals surface area contributed by atoms with Gasteiger partial charge in [0.15, 0.2) is 0 Å². The summed E-state index contributed by atoms with van der Waals surface area (Å²) in [6.07, 6.45) is 3.80. The third-order valence-corrected chi connectivity index (χ3v) is 1.52. The molecule has 0 N–H and O–H groups in total. The second-order valence-corrected chi connectivity index (χ2v) is 3.17. The summed E-state index contributed by atoms with van der Waals surface area (Å²) in [5.74, 6) is -0.208. The van der Waals surface area contributed by atoms with Gasteiger partial charge in [0.05, 0.1) is 5.92 Å². The highest BCUT2D eigenvalue weighted by Gasteiger charge is 2.26. The summed E-state index contributed by atoms with van der Waals surface area (Å²) in [4.78, 5) is 10.9. The van der Waals surface area contributed by atoms with Crippen LogP contribution in [-0.2, 0) is 9.53 Å². The molecule has 1 aliphatic heterocycles. The van der Waals surface area contributed by atoms with Gasteiger partial charge in [0.1, 0.15) is 5.60 Å². The SMILES string of the molecule is CC1C=CC(C)(C)OC1=O. The van der Waals surface area contributed by atoms with Crippen molar-refractivity contribution in [1.82, 2.24) is 0 Å². The molecule has 1 aliphatic rings. The lowest BCUT2D eigenvalue weighted by Crippen LogP contribution is -2.32. The Bertz CT molecular complexity index is 180. The van der Waals surface area contributed by atoms with Gasteiger partial charge in [-0.1, -0.05) is 6.08 Å². The van der Waals surface area contributed by atoms with Gasteiger partial charge in [0.25, 0.3) is 0 Å². The number of esters is 1. The van der Waals surface area contributed by atoms with E-state index in [0.29, 0.717) is 0 Å². The number of hydrogen-bond donors (Lipinski definition) is 0. The molecule has 0 aliphatic carbocycles. The van der Waals surface area contributed by atoms with Crippen LogP contribution in [0.25, 0.3) is 0 Å². The zero-order chi connectivity index (χ0) is 7.78. The van der Waals surface area contributed by atoms with E-state index in [1.54, 1.807) is 0 Å². The minimum absolute atomic E-state index is 0.0759. The Morgan fingerprint density at radius 1 is 1.60 bits per heavy atom. The molecule has 0 spiro atoms. The fourth-order valence-corrected chi connectivity index (χ4v) is 0.841. The second kappa shape index (κ2) is 2.11. The predicted octanol–water partition coefficient (Wildman–Crippen LogP) is 1.51. The van der Waals surface area contributed by atoms with E-state index in [1.165, 1.54) is 0 Å². The van der Waals surface area contributed by atoms with E-state index in [0.717, 1.165) is 0 Å². The Morgan fingerprint density at radius 2 is 2.20 bits per heavy atom. The number of carbonyl (C=O) groups excluding carboxylic acids is 1. The Balaban J connectivity index is 2.79. The van der Waals surface area contributed by atoms with Crippen LogP contribution in [0.15, 0.2) is 12.2 Å². The van der Waals surface area contributed by atoms with E-state index in [2.05, 4.69) is 0 Å². The molecule has 0 fully saturated rings. The third-order valence-electron chi connectivity index (χ3n) is 1.52. The molecule has 0 aromatic carbocycles. The summed E-state index contributed by atoms with van der Waals surface area (Å²) < 4.78 is 5.06. The number of ether oxygens (including phenoxy) is 1. The zero-order valence-corrected chi connectivity index (χ0v) is 6.55. The lowest BCUT2D eigenvalue weighted by atomic mass is 10.0. The first-order chi connectivity index (χ1) is 4.51. The summed E-state index contributed by atoms with van der Waals surface area (Å²) >= 11 is 0. The van der Waals surface area contributed by atoms with E-state index < -0.39 is 5.60 Å². The molecule has 56 valence electrons.